The lowest BCUT2D eigenvalue weighted by Gasteiger charge is -2.18. The van der Waals surface area contributed by atoms with E-state index in [2.05, 4.69) is 36.2 Å². The molecular formula is C23H23BrFN7O3. The highest BCUT2D eigenvalue weighted by atomic mass is 79.9. The number of ether oxygens (including phenoxy) is 1. The van der Waals surface area contributed by atoms with Crippen LogP contribution in [0.1, 0.15) is 42.6 Å². The molecule has 0 unspecified atom stereocenters. The maximum absolute atomic E-state index is 14.3. The molecule has 0 aliphatic heterocycles. The maximum Gasteiger partial charge on any atom is 0.406 e. The van der Waals surface area contributed by atoms with Gasteiger partial charge in [0.15, 0.2) is 6.20 Å². The molecule has 35 heavy (non-hydrogen) atoms. The van der Waals surface area contributed by atoms with Crippen LogP contribution in [0.2, 0.25) is 0 Å². The lowest BCUT2D eigenvalue weighted by molar-refractivity contribution is -0.390. The Morgan fingerprint density at radius 3 is 2.66 bits per heavy atom. The monoisotopic (exact) mass is 543 g/mol. The van der Waals surface area contributed by atoms with E-state index in [9.17, 15) is 14.5 Å². The van der Waals surface area contributed by atoms with Gasteiger partial charge < -0.3 is 14.9 Å². The van der Waals surface area contributed by atoms with Gasteiger partial charge in [-0.15, -0.1) is 0 Å². The van der Waals surface area contributed by atoms with Crippen LogP contribution < -0.4 is 4.74 Å². The Bertz CT molecular complexity index is 1400. The summed E-state index contributed by atoms with van der Waals surface area (Å²) in [5, 5.41) is 25.0. The fraction of sp³-hybridized carbons (Fsp3) is 0.304. The van der Waals surface area contributed by atoms with Crippen molar-refractivity contribution >= 4 is 21.7 Å². The molecule has 0 N–H and O–H groups in total. The van der Waals surface area contributed by atoms with Crippen molar-refractivity contribution in [3.8, 4) is 17.0 Å². The zero-order chi connectivity index (χ0) is 25.3. The first-order chi connectivity index (χ1) is 16.7. The van der Waals surface area contributed by atoms with Crippen molar-refractivity contribution in [1.82, 2.24) is 29.8 Å². The molecule has 1 aromatic carbocycles. The van der Waals surface area contributed by atoms with Crippen LogP contribution in [0.15, 0.2) is 41.0 Å². The van der Waals surface area contributed by atoms with E-state index in [0.29, 0.717) is 33.4 Å². The Balaban J connectivity index is 1.74. The van der Waals surface area contributed by atoms with Crippen LogP contribution in [-0.2, 0) is 26.9 Å². The van der Waals surface area contributed by atoms with E-state index in [1.54, 1.807) is 20.0 Å². The summed E-state index contributed by atoms with van der Waals surface area (Å²) in [6, 6.07) is 7.78. The highest BCUT2D eigenvalue weighted by molar-refractivity contribution is 9.10. The Kier molecular flexibility index (Phi) is 6.92. The zero-order valence-electron chi connectivity index (χ0n) is 19.6. The van der Waals surface area contributed by atoms with Crippen molar-refractivity contribution in [1.29, 1.82) is 0 Å². The van der Waals surface area contributed by atoms with E-state index in [0.717, 1.165) is 17.8 Å². The standard InChI is InChI=1S/C23H23BrFN7O3/c1-5-16-10-17(30(3)27-16)11-20-22(29-31(4)28-20)18-7-6-15(25)9-19(18)13(2)35-21-8-14(24)12-26-23(21)32(33)34/h6-10,12-13H,5,11H2,1-4H3/t13-/m1/s1. The smallest absolute Gasteiger partial charge is 0.406 e. The van der Waals surface area contributed by atoms with Gasteiger partial charge in [0.05, 0.1) is 15.9 Å². The number of hydrogen-bond acceptors (Lipinski definition) is 7. The molecule has 1 atom stereocenters. The van der Waals surface area contributed by atoms with Crippen LogP contribution in [-0.4, -0.2) is 34.7 Å². The number of nitro groups is 1. The number of pyridine rings is 1. The van der Waals surface area contributed by atoms with Crippen LogP contribution in [0.25, 0.3) is 11.3 Å². The first-order valence-electron chi connectivity index (χ1n) is 10.8. The zero-order valence-corrected chi connectivity index (χ0v) is 21.2. The fourth-order valence-electron chi connectivity index (χ4n) is 3.83. The first-order valence-corrected chi connectivity index (χ1v) is 11.6. The molecule has 182 valence electrons. The molecule has 4 rings (SSSR count). The summed E-state index contributed by atoms with van der Waals surface area (Å²) >= 11 is 3.26. The minimum absolute atomic E-state index is 0.0339. The van der Waals surface area contributed by atoms with E-state index in [4.69, 9.17) is 4.74 Å². The highest BCUT2D eigenvalue weighted by Crippen LogP contribution is 2.36. The molecule has 0 spiro atoms. The molecule has 10 nitrogen and oxygen atoms in total. The van der Waals surface area contributed by atoms with E-state index in [-0.39, 0.29) is 5.75 Å². The second-order valence-electron chi connectivity index (χ2n) is 7.99. The number of aryl methyl sites for hydroxylation is 3. The lowest BCUT2D eigenvalue weighted by Crippen LogP contribution is -2.09. The van der Waals surface area contributed by atoms with Gasteiger partial charge in [0, 0.05) is 43.4 Å². The van der Waals surface area contributed by atoms with Crippen LogP contribution in [0, 0.1) is 15.9 Å². The molecule has 3 heterocycles. The van der Waals surface area contributed by atoms with Gasteiger partial charge in [0.2, 0.25) is 5.75 Å². The normalized spacial score (nSPS) is 12.1. The summed E-state index contributed by atoms with van der Waals surface area (Å²) in [5.74, 6) is -0.930. The van der Waals surface area contributed by atoms with Crippen LogP contribution in [0.4, 0.5) is 10.2 Å². The van der Waals surface area contributed by atoms with Gasteiger partial charge in [-0.25, -0.2) is 4.39 Å². The van der Waals surface area contributed by atoms with Gasteiger partial charge in [-0.3, -0.25) is 4.68 Å². The Hall–Kier alpha value is -3.67. The van der Waals surface area contributed by atoms with Gasteiger partial charge in [0.25, 0.3) is 0 Å². The molecule has 3 aromatic heterocycles. The molecule has 0 aliphatic carbocycles. The third-order valence-electron chi connectivity index (χ3n) is 5.50. The van der Waals surface area contributed by atoms with Crippen molar-refractivity contribution in [2.24, 2.45) is 14.1 Å². The van der Waals surface area contributed by atoms with Crippen molar-refractivity contribution in [2.75, 3.05) is 0 Å². The first kappa shape index (κ1) is 24.5. The van der Waals surface area contributed by atoms with Gasteiger partial charge in [-0.2, -0.15) is 20.1 Å². The molecule has 0 amide bonds. The number of nitrogens with zero attached hydrogens (tertiary/aromatic N) is 7. The average molecular weight is 544 g/mol. The topological polar surface area (TPSA) is 114 Å². The Morgan fingerprint density at radius 1 is 1.20 bits per heavy atom. The number of halogens is 2. The van der Waals surface area contributed by atoms with Gasteiger partial charge >= 0.3 is 5.82 Å². The third kappa shape index (κ3) is 5.21. The molecule has 0 saturated carbocycles. The molecule has 0 aliphatic rings. The van der Waals surface area contributed by atoms with Crippen molar-refractivity contribution in [3.05, 3.63) is 79.6 Å². The summed E-state index contributed by atoms with van der Waals surface area (Å²) in [5.41, 5.74) is 4.28. The summed E-state index contributed by atoms with van der Waals surface area (Å²) in [4.78, 5) is 16.1. The SMILES string of the molecule is CCc1cc(Cc2nn(C)nc2-c2ccc(F)cc2[C@@H](C)Oc2cc(Br)cnc2[N+](=O)[O-])n(C)n1. The molecular weight excluding hydrogens is 521 g/mol. The number of benzene rings is 1. The van der Waals surface area contributed by atoms with E-state index >= 15 is 0 Å². The molecule has 0 radical (unpaired) electrons. The summed E-state index contributed by atoms with van der Waals surface area (Å²) in [7, 11) is 3.59. The Labute approximate surface area is 209 Å². The summed E-state index contributed by atoms with van der Waals surface area (Å²) in [6.45, 7) is 3.73. The minimum Gasteiger partial charge on any atom is -0.478 e. The Morgan fingerprint density at radius 2 is 1.97 bits per heavy atom. The van der Waals surface area contributed by atoms with E-state index in [1.165, 1.54) is 29.2 Å². The molecule has 0 saturated heterocycles. The number of rotatable bonds is 8. The molecule has 0 bridgehead atoms. The number of aromatic nitrogens is 6. The fourth-order valence-corrected chi connectivity index (χ4v) is 4.14. The van der Waals surface area contributed by atoms with Gasteiger partial charge in [-0.1, -0.05) is 6.92 Å². The van der Waals surface area contributed by atoms with Gasteiger partial charge in [0.1, 0.15) is 17.6 Å². The quantitative estimate of drug-likeness (QED) is 0.233. The average Bonchev–Trinajstić information content (AvgIpc) is 3.35. The van der Waals surface area contributed by atoms with Crippen molar-refractivity contribution < 1.29 is 14.1 Å². The molecule has 12 heteroatoms. The van der Waals surface area contributed by atoms with Crippen LogP contribution in [0.3, 0.4) is 0 Å². The highest BCUT2D eigenvalue weighted by Gasteiger charge is 2.25. The van der Waals surface area contributed by atoms with Crippen molar-refractivity contribution in [2.45, 2.75) is 32.8 Å². The largest absolute Gasteiger partial charge is 0.478 e. The second-order valence-corrected chi connectivity index (χ2v) is 8.91. The van der Waals surface area contributed by atoms with Crippen LogP contribution in [0.5, 0.6) is 5.75 Å². The van der Waals surface area contributed by atoms with Gasteiger partial charge in [-0.05, 0) is 63.4 Å². The predicted molar refractivity (Wildman–Crippen MR) is 129 cm³/mol. The van der Waals surface area contributed by atoms with Crippen molar-refractivity contribution in [3.63, 3.8) is 0 Å². The summed E-state index contributed by atoms with van der Waals surface area (Å²) < 4.78 is 22.6. The maximum atomic E-state index is 14.3. The van der Waals surface area contributed by atoms with E-state index in [1.807, 2.05) is 24.7 Å². The minimum atomic E-state index is -0.756. The number of hydrogen-bond donors (Lipinski definition) is 0. The van der Waals surface area contributed by atoms with E-state index < -0.39 is 22.7 Å². The third-order valence-corrected chi connectivity index (χ3v) is 5.94. The molecule has 4 aromatic rings. The molecule has 0 fully saturated rings. The summed E-state index contributed by atoms with van der Waals surface area (Å²) in [6.07, 6.45) is 1.85. The predicted octanol–water partition coefficient (Wildman–Crippen LogP) is 4.71. The second kappa shape index (κ2) is 9.90. The van der Waals surface area contributed by atoms with Crippen LogP contribution >= 0.6 is 15.9 Å². The lowest BCUT2D eigenvalue weighted by atomic mass is 9.98.